The summed E-state index contributed by atoms with van der Waals surface area (Å²) >= 11 is 6.41. The van der Waals surface area contributed by atoms with E-state index in [0.29, 0.717) is 22.8 Å². The van der Waals surface area contributed by atoms with E-state index < -0.39 is 5.60 Å². The summed E-state index contributed by atoms with van der Waals surface area (Å²) in [6.07, 6.45) is 9.01. The third-order valence-corrected chi connectivity index (χ3v) is 7.47. The summed E-state index contributed by atoms with van der Waals surface area (Å²) in [5.74, 6) is 0.963. The van der Waals surface area contributed by atoms with Crippen LogP contribution in [0.4, 0.5) is 23.1 Å². The molecule has 1 aliphatic heterocycles. The van der Waals surface area contributed by atoms with Gasteiger partial charge in [-0.1, -0.05) is 35.9 Å². The van der Waals surface area contributed by atoms with Crippen LogP contribution in [0.15, 0.2) is 48.7 Å². The first kappa shape index (κ1) is 24.0. The summed E-state index contributed by atoms with van der Waals surface area (Å²) in [5.41, 5.74) is 4.38. The predicted octanol–water partition coefficient (Wildman–Crippen LogP) is 6.19. The summed E-state index contributed by atoms with van der Waals surface area (Å²) in [6, 6.07) is 14.9. The van der Waals surface area contributed by atoms with Crippen LogP contribution in [0.3, 0.4) is 0 Å². The summed E-state index contributed by atoms with van der Waals surface area (Å²) in [5, 5.41) is 17.6. The molecule has 2 aliphatic rings. The molecule has 0 radical (unpaired) electrons. The summed E-state index contributed by atoms with van der Waals surface area (Å²) in [4.78, 5) is 11.7. The average molecular weight is 492 g/mol. The quantitative estimate of drug-likeness (QED) is 0.357. The van der Waals surface area contributed by atoms with Gasteiger partial charge in [-0.05, 0) is 94.8 Å². The number of hydrogen-bond acceptors (Lipinski definition) is 6. The summed E-state index contributed by atoms with van der Waals surface area (Å²) in [6.45, 7) is 6.04. The van der Waals surface area contributed by atoms with Crippen LogP contribution in [0.2, 0.25) is 5.02 Å². The number of anilines is 4. The molecule has 0 amide bonds. The molecule has 35 heavy (non-hydrogen) atoms. The highest BCUT2D eigenvalue weighted by molar-refractivity contribution is 6.32. The molecule has 2 aromatic carbocycles. The van der Waals surface area contributed by atoms with Gasteiger partial charge in [-0.25, -0.2) is 4.98 Å². The molecule has 6 nitrogen and oxygen atoms in total. The molecule has 1 aliphatic carbocycles. The molecule has 0 unspecified atom stereocenters. The molecule has 0 bridgehead atoms. The van der Waals surface area contributed by atoms with Gasteiger partial charge in [0.1, 0.15) is 5.02 Å². The van der Waals surface area contributed by atoms with Gasteiger partial charge in [0.2, 0.25) is 5.95 Å². The van der Waals surface area contributed by atoms with Crippen molar-refractivity contribution in [2.75, 3.05) is 23.7 Å². The number of rotatable bonds is 6. The zero-order chi connectivity index (χ0) is 24.4. The van der Waals surface area contributed by atoms with Gasteiger partial charge in [0, 0.05) is 23.0 Å². The fraction of sp³-hybridized carbons (Fsp3) is 0.429. The Kier molecular flexibility index (Phi) is 6.96. The average Bonchev–Trinajstić information content (AvgIpc) is 3.28. The Balaban J connectivity index is 1.32. The Morgan fingerprint density at radius 1 is 1.00 bits per heavy atom. The van der Waals surface area contributed by atoms with E-state index in [0.717, 1.165) is 29.8 Å². The van der Waals surface area contributed by atoms with Crippen molar-refractivity contribution in [3.05, 3.63) is 70.4 Å². The van der Waals surface area contributed by atoms with Crippen molar-refractivity contribution < 1.29 is 5.11 Å². The molecular formula is C28H34ClN5O. The molecule has 0 saturated carbocycles. The lowest BCUT2D eigenvalue weighted by Crippen LogP contribution is -2.32. The summed E-state index contributed by atoms with van der Waals surface area (Å²) < 4.78 is 0. The monoisotopic (exact) mass is 491 g/mol. The number of aryl methyl sites for hydroxylation is 2. The largest absolute Gasteiger partial charge is 0.386 e. The highest BCUT2D eigenvalue weighted by atomic mass is 35.5. The van der Waals surface area contributed by atoms with Crippen LogP contribution in [-0.2, 0) is 18.4 Å². The van der Waals surface area contributed by atoms with Crippen molar-refractivity contribution >= 4 is 34.7 Å². The molecule has 2 heterocycles. The molecular weight excluding hydrogens is 458 g/mol. The van der Waals surface area contributed by atoms with Crippen LogP contribution in [0.25, 0.3) is 0 Å². The normalized spacial score (nSPS) is 18.7. The van der Waals surface area contributed by atoms with Crippen molar-refractivity contribution in [3.63, 3.8) is 0 Å². The molecule has 184 valence electrons. The Hall–Kier alpha value is -2.67. The van der Waals surface area contributed by atoms with Gasteiger partial charge in [0.15, 0.2) is 5.82 Å². The lowest BCUT2D eigenvalue weighted by Gasteiger charge is -2.25. The van der Waals surface area contributed by atoms with Gasteiger partial charge >= 0.3 is 0 Å². The first-order valence-corrected chi connectivity index (χ1v) is 13.0. The minimum absolute atomic E-state index is 0.413. The number of aliphatic hydroxyl groups is 1. The second-order valence-electron chi connectivity index (χ2n) is 10.2. The number of halogens is 1. The number of aromatic nitrogens is 2. The van der Waals surface area contributed by atoms with E-state index in [1.807, 2.05) is 24.3 Å². The maximum Gasteiger partial charge on any atom is 0.229 e. The smallest absolute Gasteiger partial charge is 0.229 e. The molecule has 5 rings (SSSR count). The Bertz CT molecular complexity index is 1190. The van der Waals surface area contributed by atoms with Crippen molar-refractivity contribution in [3.8, 4) is 0 Å². The molecule has 7 heteroatoms. The van der Waals surface area contributed by atoms with E-state index in [1.54, 1.807) is 20.0 Å². The highest BCUT2D eigenvalue weighted by Crippen LogP contribution is 2.32. The van der Waals surface area contributed by atoms with Crippen molar-refractivity contribution in [2.45, 2.75) is 64.0 Å². The first-order valence-electron chi connectivity index (χ1n) is 12.6. The highest BCUT2D eigenvalue weighted by Gasteiger charge is 2.24. The van der Waals surface area contributed by atoms with Crippen LogP contribution in [0.5, 0.6) is 0 Å². The Labute approximate surface area is 212 Å². The van der Waals surface area contributed by atoms with E-state index >= 15 is 0 Å². The maximum atomic E-state index is 10.5. The van der Waals surface area contributed by atoms with E-state index in [1.165, 1.54) is 49.9 Å². The van der Waals surface area contributed by atoms with Crippen molar-refractivity contribution in [1.82, 2.24) is 14.9 Å². The van der Waals surface area contributed by atoms with Crippen LogP contribution in [-0.4, -0.2) is 39.1 Å². The van der Waals surface area contributed by atoms with Gasteiger partial charge in [-0.3, -0.25) is 0 Å². The van der Waals surface area contributed by atoms with Crippen molar-refractivity contribution in [2.24, 2.45) is 0 Å². The zero-order valence-corrected chi connectivity index (χ0v) is 21.3. The molecule has 1 fully saturated rings. The second-order valence-corrected chi connectivity index (χ2v) is 10.6. The molecule has 3 aromatic rings. The van der Waals surface area contributed by atoms with Gasteiger partial charge < -0.3 is 20.6 Å². The fourth-order valence-electron chi connectivity index (χ4n) is 5.34. The molecule has 0 spiro atoms. The number of nitrogens with one attached hydrogen (secondary N) is 2. The lowest BCUT2D eigenvalue weighted by atomic mass is 9.96. The van der Waals surface area contributed by atoms with Crippen LogP contribution in [0.1, 0.15) is 56.2 Å². The Morgan fingerprint density at radius 2 is 1.74 bits per heavy atom. The molecule has 1 atom stereocenters. The Morgan fingerprint density at radius 3 is 2.51 bits per heavy atom. The topological polar surface area (TPSA) is 73.3 Å². The predicted molar refractivity (Wildman–Crippen MR) is 143 cm³/mol. The first-order chi connectivity index (χ1) is 16.9. The van der Waals surface area contributed by atoms with Gasteiger partial charge in [-0.15, -0.1) is 0 Å². The second kappa shape index (κ2) is 10.1. The maximum absolute atomic E-state index is 10.5. The lowest BCUT2D eigenvalue weighted by molar-refractivity contribution is 0.0794. The van der Waals surface area contributed by atoms with E-state index in [4.69, 9.17) is 11.6 Å². The van der Waals surface area contributed by atoms with Crippen LogP contribution in [0, 0.1) is 0 Å². The van der Waals surface area contributed by atoms with Gasteiger partial charge in [0.25, 0.3) is 0 Å². The minimum atomic E-state index is -1.00. The summed E-state index contributed by atoms with van der Waals surface area (Å²) in [7, 11) is 0. The van der Waals surface area contributed by atoms with Gasteiger partial charge in [0.05, 0.1) is 11.8 Å². The number of nitrogens with zero attached hydrogens (tertiary/aromatic N) is 3. The van der Waals surface area contributed by atoms with Crippen LogP contribution < -0.4 is 10.6 Å². The number of benzene rings is 2. The number of para-hydroxylation sites is 1. The van der Waals surface area contributed by atoms with Crippen molar-refractivity contribution in [1.29, 1.82) is 0 Å². The third-order valence-electron chi connectivity index (χ3n) is 7.20. The number of fused-ring (bicyclic) bond motifs is 1. The minimum Gasteiger partial charge on any atom is -0.386 e. The van der Waals surface area contributed by atoms with E-state index in [-0.39, 0.29) is 0 Å². The zero-order valence-electron chi connectivity index (χ0n) is 20.5. The third kappa shape index (κ3) is 5.61. The van der Waals surface area contributed by atoms with Crippen LogP contribution >= 0.6 is 11.6 Å². The standard InChI is InChI=1S/C28H34ClN5O/c1-28(2,35)23-7-3-4-8-25(23)32-26-24(29)18-30-27(33-26)31-21-12-9-19-10-13-22(14-11-20(19)17-21)34-15-5-6-16-34/h3-4,7-9,12,17-18,22,35H,5-6,10-11,13-16H2,1-2H3,(H2,30,31,32,33)/t22-/m0/s1. The van der Waals surface area contributed by atoms with E-state index in [2.05, 4.69) is 43.7 Å². The number of likely N-dealkylation sites (tertiary alicyclic amines) is 1. The molecule has 1 aromatic heterocycles. The molecule has 1 saturated heterocycles. The molecule has 3 N–H and O–H groups in total. The fourth-order valence-corrected chi connectivity index (χ4v) is 5.48. The number of hydrogen-bond donors (Lipinski definition) is 3. The van der Waals surface area contributed by atoms with E-state index in [9.17, 15) is 5.11 Å². The SMILES string of the molecule is CC(C)(O)c1ccccc1Nc1nc(Nc2ccc3c(c2)CC[C@@H](N2CCCC2)CC3)ncc1Cl. The van der Waals surface area contributed by atoms with Gasteiger partial charge in [-0.2, -0.15) is 4.98 Å².